The van der Waals surface area contributed by atoms with Crippen molar-refractivity contribution in [3.63, 3.8) is 0 Å². The fourth-order valence-electron chi connectivity index (χ4n) is 1.69. The summed E-state index contributed by atoms with van der Waals surface area (Å²) in [5.74, 6) is 0. The standard InChI is InChI=1S/C12H11P.C6H15O3Si.C3H9N/c1-3-7-11(8-4-1)13-12-9-5-2-6-10-12;1-4-7-10(8-5-2)9-6-3;1-2-3-4/h1-10,13H;4-6H2,1-3H3;2-4H2,1H3. The fourth-order valence-corrected chi connectivity index (χ4v) is 3.70. The average Bonchev–Trinajstić information content (AvgIpc) is 2.71. The van der Waals surface area contributed by atoms with E-state index in [1.54, 1.807) is 0 Å². The summed E-state index contributed by atoms with van der Waals surface area (Å²) < 4.78 is 15.5. The van der Waals surface area contributed by atoms with Crippen LogP contribution in [0.5, 0.6) is 0 Å². The number of benzene rings is 2. The van der Waals surface area contributed by atoms with E-state index < -0.39 is 9.53 Å². The minimum Gasteiger partial charge on any atom is -0.371 e. The summed E-state index contributed by atoms with van der Waals surface area (Å²) >= 11 is 0. The van der Waals surface area contributed by atoms with E-state index in [9.17, 15) is 0 Å². The van der Waals surface area contributed by atoms with Gasteiger partial charge in [-0.15, -0.1) is 0 Å². The highest BCUT2D eigenvalue weighted by molar-refractivity contribution is 7.55. The van der Waals surface area contributed by atoms with E-state index in [0.29, 0.717) is 19.8 Å². The smallest absolute Gasteiger partial charge is 0.371 e. The van der Waals surface area contributed by atoms with E-state index in [1.165, 1.54) is 10.6 Å². The largest absolute Gasteiger partial charge is 0.577 e. The zero-order valence-corrected chi connectivity index (χ0v) is 19.1. The topological polar surface area (TPSA) is 53.7 Å². The lowest BCUT2D eigenvalue weighted by atomic mass is 10.4. The Balaban J connectivity index is 0.000000432. The van der Waals surface area contributed by atoms with Crippen LogP contribution in [0.2, 0.25) is 0 Å². The Morgan fingerprint density at radius 2 is 1.04 bits per heavy atom. The summed E-state index contributed by atoms with van der Waals surface area (Å²) in [7, 11) is -0.621. The first-order valence-electron chi connectivity index (χ1n) is 9.54. The molecule has 0 aliphatic carbocycles. The first-order valence-corrected chi connectivity index (χ1v) is 11.8. The maximum absolute atomic E-state index is 5.18. The molecular formula is C21H35NO3PSi. The van der Waals surface area contributed by atoms with Crippen molar-refractivity contribution in [2.45, 2.75) is 34.1 Å². The third kappa shape index (κ3) is 15.7. The van der Waals surface area contributed by atoms with Gasteiger partial charge in [-0.25, -0.2) is 0 Å². The average molecular weight is 409 g/mol. The maximum Gasteiger partial charge on any atom is 0.577 e. The molecule has 2 rings (SSSR count). The van der Waals surface area contributed by atoms with Gasteiger partial charge in [0.05, 0.1) is 0 Å². The van der Waals surface area contributed by atoms with Gasteiger partial charge in [0.15, 0.2) is 0 Å². The van der Waals surface area contributed by atoms with Gasteiger partial charge in [0.25, 0.3) is 0 Å². The molecule has 0 aliphatic heterocycles. The molecule has 6 heteroatoms. The molecule has 1 radical (unpaired) electrons. The molecule has 0 amide bonds. The Bertz CT molecular complexity index is 478. The molecule has 27 heavy (non-hydrogen) atoms. The normalized spacial score (nSPS) is 9.85. The molecule has 151 valence electrons. The molecule has 0 fully saturated rings. The molecule has 0 saturated carbocycles. The Hall–Kier alpha value is -1.07. The van der Waals surface area contributed by atoms with Crippen LogP contribution in [0, 0.1) is 0 Å². The van der Waals surface area contributed by atoms with E-state index in [1.807, 2.05) is 20.8 Å². The molecular weight excluding hydrogens is 373 g/mol. The Morgan fingerprint density at radius 3 is 1.30 bits per heavy atom. The number of nitrogens with two attached hydrogens (primary N) is 1. The van der Waals surface area contributed by atoms with Gasteiger partial charge in [-0.05, 0) is 44.3 Å². The highest BCUT2D eigenvalue weighted by atomic mass is 31.1. The van der Waals surface area contributed by atoms with Crippen molar-refractivity contribution in [3.8, 4) is 0 Å². The molecule has 0 unspecified atom stereocenters. The van der Waals surface area contributed by atoms with Crippen LogP contribution in [-0.2, 0) is 13.3 Å². The summed E-state index contributed by atoms with van der Waals surface area (Å²) in [6.07, 6.45) is 1.10. The van der Waals surface area contributed by atoms with Crippen molar-refractivity contribution in [2.75, 3.05) is 26.4 Å². The zero-order valence-electron chi connectivity index (χ0n) is 17.1. The molecule has 4 nitrogen and oxygen atoms in total. The van der Waals surface area contributed by atoms with Crippen LogP contribution in [0.4, 0.5) is 0 Å². The molecule has 0 heterocycles. The Labute approximate surface area is 169 Å². The lowest BCUT2D eigenvalue weighted by Gasteiger charge is -2.10. The van der Waals surface area contributed by atoms with Crippen LogP contribution in [0.15, 0.2) is 60.7 Å². The molecule has 0 saturated heterocycles. The van der Waals surface area contributed by atoms with E-state index in [2.05, 4.69) is 67.6 Å². The fraction of sp³-hybridized carbons (Fsp3) is 0.429. The number of hydrogen-bond acceptors (Lipinski definition) is 4. The molecule has 2 N–H and O–H groups in total. The van der Waals surface area contributed by atoms with Gasteiger partial charge in [0, 0.05) is 19.8 Å². The van der Waals surface area contributed by atoms with Gasteiger partial charge in [-0.3, -0.25) is 0 Å². The predicted molar refractivity (Wildman–Crippen MR) is 120 cm³/mol. The maximum atomic E-state index is 5.18. The van der Waals surface area contributed by atoms with E-state index in [4.69, 9.17) is 19.0 Å². The van der Waals surface area contributed by atoms with Crippen molar-refractivity contribution < 1.29 is 13.3 Å². The Kier molecular flexibility index (Phi) is 18.9. The minimum atomic E-state index is -1.40. The molecule has 2 aromatic carbocycles. The van der Waals surface area contributed by atoms with Crippen molar-refractivity contribution in [1.29, 1.82) is 0 Å². The van der Waals surface area contributed by atoms with Gasteiger partial charge in [0.1, 0.15) is 0 Å². The molecule has 0 spiro atoms. The van der Waals surface area contributed by atoms with Crippen LogP contribution in [0.1, 0.15) is 34.1 Å². The van der Waals surface area contributed by atoms with Crippen LogP contribution in [0.3, 0.4) is 0 Å². The van der Waals surface area contributed by atoms with Crippen molar-refractivity contribution >= 4 is 28.7 Å². The highest BCUT2D eigenvalue weighted by Crippen LogP contribution is 2.08. The molecule has 0 atom stereocenters. The lowest BCUT2D eigenvalue weighted by Crippen LogP contribution is -2.27. The first-order chi connectivity index (χ1) is 13.2. The summed E-state index contributed by atoms with van der Waals surface area (Å²) in [6, 6.07) is 21.2. The van der Waals surface area contributed by atoms with Gasteiger partial charge in [-0.1, -0.05) is 76.2 Å². The number of hydrogen-bond donors (Lipinski definition) is 1. The van der Waals surface area contributed by atoms with Crippen molar-refractivity contribution in [3.05, 3.63) is 60.7 Å². The van der Waals surface area contributed by atoms with Gasteiger partial charge in [-0.2, -0.15) is 0 Å². The lowest BCUT2D eigenvalue weighted by molar-refractivity contribution is 0.107. The summed E-state index contributed by atoms with van der Waals surface area (Å²) in [6.45, 7) is 10.7. The second-order valence-electron chi connectivity index (χ2n) is 5.19. The molecule has 0 aromatic heterocycles. The van der Waals surface area contributed by atoms with Crippen LogP contribution in [0.25, 0.3) is 0 Å². The van der Waals surface area contributed by atoms with Crippen molar-refractivity contribution in [1.82, 2.24) is 0 Å². The molecule has 0 bridgehead atoms. The van der Waals surface area contributed by atoms with Crippen LogP contribution >= 0.6 is 8.58 Å². The predicted octanol–water partition coefficient (Wildman–Crippen LogP) is 3.75. The first kappa shape index (κ1) is 25.9. The summed E-state index contributed by atoms with van der Waals surface area (Å²) in [4.78, 5) is 0. The quantitative estimate of drug-likeness (QED) is 0.507. The third-order valence-electron chi connectivity index (χ3n) is 2.91. The summed E-state index contributed by atoms with van der Waals surface area (Å²) in [5, 5.41) is 2.79. The van der Waals surface area contributed by atoms with Crippen molar-refractivity contribution in [2.24, 2.45) is 5.73 Å². The van der Waals surface area contributed by atoms with E-state index in [-0.39, 0.29) is 0 Å². The van der Waals surface area contributed by atoms with E-state index >= 15 is 0 Å². The second-order valence-corrected chi connectivity index (χ2v) is 7.97. The van der Waals surface area contributed by atoms with E-state index in [0.717, 1.165) is 21.5 Å². The van der Waals surface area contributed by atoms with Gasteiger partial charge >= 0.3 is 9.53 Å². The number of rotatable bonds is 9. The molecule has 2 aromatic rings. The molecule has 0 aliphatic rings. The SMILES string of the molecule is CCCN.CCO[Si](OCC)OCC.c1ccc(Pc2ccccc2)cc1. The minimum absolute atomic E-state index is 0.661. The third-order valence-corrected chi connectivity index (χ3v) is 5.73. The monoisotopic (exact) mass is 408 g/mol. The highest BCUT2D eigenvalue weighted by Gasteiger charge is 2.15. The Morgan fingerprint density at radius 1 is 0.704 bits per heavy atom. The second kappa shape index (κ2) is 19.7. The van der Waals surface area contributed by atoms with Gasteiger partial charge in [0.2, 0.25) is 0 Å². The summed E-state index contributed by atoms with van der Waals surface area (Å²) in [5.41, 5.74) is 5.03. The van der Waals surface area contributed by atoms with Crippen LogP contribution < -0.4 is 16.3 Å². The van der Waals surface area contributed by atoms with Gasteiger partial charge < -0.3 is 19.0 Å². The van der Waals surface area contributed by atoms with Crippen LogP contribution in [-0.4, -0.2) is 35.9 Å². The zero-order chi connectivity index (χ0) is 20.2.